The second kappa shape index (κ2) is 4.66. The van der Waals surface area contributed by atoms with E-state index < -0.39 is 24.4 Å². The molecule has 5 heteroatoms. The molecular formula is C9H9ClF3N. The first-order valence-corrected chi connectivity index (χ1v) is 4.40. The van der Waals surface area contributed by atoms with Crippen LogP contribution in [0.4, 0.5) is 13.2 Å². The van der Waals surface area contributed by atoms with Crippen molar-refractivity contribution in [3.8, 4) is 0 Å². The van der Waals surface area contributed by atoms with Crippen LogP contribution < -0.4 is 5.73 Å². The van der Waals surface area contributed by atoms with Crippen molar-refractivity contribution in [1.29, 1.82) is 0 Å². The molecule has 1 aromatic rings. The molecule has 0 unspecified atom stereocenters. The quantitative estimate of drug-likeness (QED) is 0.838. The molecule has 0 aliphatic carbocycles. The van der Waals surface area contributed by atoms with E-state index in [0.717, 1.165) is 12.1 Å². The summed E-state index contributed by atoms with van der Waals surface area (Å²) in [5.41, 5.74) is 5.08. The molecular weight excluding hydrogens is 215 g/mol. The fourth-order valence-corrected chi connectivity index (χ4v) is 1.36. The Hall–Kier alpha value is -0.740. The van der Waals surface area contributed by atoms with E-state index >= 15 is 0 Å². The predicted octanol–water partition coefficient (Wildman–Crippen LogP) is 2.98. The highest BCUT2D eigenvalue weighted by Gasteiger charge is 2.17. The number of hydrogen-bond acceptors (Lipinski definition) is 1. The second-order valence-electron chi connectivity index (χ2n) is 2.87. The number of halogens is 4. The molecule has 78 valence electrons. The third-order valence-corrected chi connectivity index (χ3v) is 2.05. The average molecular weight is 224 g/mol. The van der Waals surface area contributed by atoms with Crippen molar-refractivity contribution in [1.82, 2.24) is 0 Å². The van der Waals surface area contributed by atoms with E-state index in [2.05, 4.69) is 0 Å². The first-order valence-electron chi connectivity index (χ1n) is 4.02. The summed E-state index contributed by atoms with van der Waals surface area (Å²) in [6.45, 7) is -0.720. The van der Waals surface area contributed by atoms with Crippen LogP contribution in [0.3, 0.4) is 0 Å². The molecule has 0 heterocycles. The molecule has 1 rings (SSSR count). The van der Waals surface area contributed by atoms with Gasteiger partial charge in [0.05, 0.1) is 6.67 Å². The van der Waals surface area contributed by atoms with Crippen LogP contribution in [0, 0.1) is 11.6 Å². The molecule has 0 bridgehead atoms. The van der Waals surface area contributed by atoms with Gasteiger partial charge in [-0.1, -0.05) is 11.6 Å². The van der Waals surface area contributed by atoms with Crippen molar-refractivity contribution in [2.75, 3.05) is 6.67 Å². The maximum Gasteiger partial charge on any atom is 0.132 e. The SMILES string of the molecule is N[C@@H](CCF)c1c(F)cc(Cl)cc1F. The molecule has 0 saturated carbocycles. The molecule has 0 aliphatic heterocycles. The number of benzene rings is 1. The van der Waals surface area contributed by atoms with Crippen molar-refractivity contribution in [3.05, 3.63) is 34.4 Å². The third-order valence-electron chi connectivity index (χ3n) is 1.83. The van der Waals surface area contributed by atoms with Crippen molar-refractivity contribution < 1.29 is 13.2 Å². The predicted molar refractivity (Wildman–Crippen MR) is 48.9 cm³/mol. The molecule has 0 radical (unpaired) electrons. The van der Waals surface area contributed by atoms with Crippen molar-refractivity contribution in [2.24, 2.45) is 5.73 Å². The summed E-state index contributed by atoms with van der Waals surface area (Å²) in [5, 5.41) is -0.0452. The van der Waals surface area contributed by atoms with Gasteiger partial charge in [-0.25, -0.2) is 8.78 Å². The number of rotatable bonds is 3. The molecule has 1 atom stereocenters. The second-order valence-corrected chi connectivity index (χ2v) is 3.30. The first kappa shape index (κ1) is 11.3. The molecule has 2 N–H and O–H groups in total. The van der Waals surface area contributed by atoms with Gasteiger partial charge >= 0.3 is 0 Å². The van der Waals surface area contributed by atoms with E-state index in [1.54, 1.807) is 0 Å². The smallest absolute Gasteiger partial charge is 0.132 e. The highest BCUT2D eigenvalue weighted by Crippen LogP contribution is 2.24. The van der Waals surface area contributed by atoms with Crippen LogP contribution in [0.2, 0.25) is 5.02 Å². The Bertz CT molecular complexity index is 307. The highest BCUT2D eigenvalue weighted by molar-refractivity contribution is 6.30. The fraction of sp³-hybridized carbons (Fsp3) is 0.333. The van der Waals surface area contributed by atoms with Crippen LogP contribution >= 0.6 is 11.6 Å². The molecule has 0 aromatic heterocycles. The Kier molecular flexibility index (Phi) is 3.77. The van der Waals surface area contributed by atoms with E-state index in [-0.39, 0.29) is 17.0 Å². The fourth-order valence-electron chi connectivity index (χ4n) is 1.17. The largest absolute Gasteiger partial charge is 0.324 e. The molecule has 1 aromatic carbocycles. The molecule has 0 fully saturated rings. The minimum absolute atomic E-state index is 0.0452. The summed E-state index contributed by atoms with van der Waals surface area (Å²) >= 11 is 5.41. The Morgan fingerprint density at radius 1 is 1.29 bits per heavy atom. The van der Waals surface area contributed by atoms with Gasteiger partial charge in [0.15, 0.2) is 0 Å². The zero-order valence-corrected chi connectivity index (χ0v) is 7.99. The van der Waals surface area contributed by atoms with E-state index in [0.29, 0.717) is 0 Å². The normalized spacial score (nSPS) is 12.9. The Morgan fingerprint density at radius 3 is 2.21 bits per heavy atom. The van der Waals surface area contributed by atoms with Crippen molar-refractivity contribution in [3.63, 3.8) is 0 Å². The minimum atomic E-state index is -0.975. The van der Waals surface area contributed by atoms with Crippen molar-refractivity contribution >= 4 is 11.6 Å². The summed E-state index contributed by atoms with van der Waals surface area (Å²) < 4.78 is 38.2. The van der Waals surface area contributed by atoms with E-state index in [9.17, 15) is 13.2 Å². The van der Waals surface area contributed by atoms with Crippen LogP contribution in [0.15, 0.2) is 12.1 Å². The monoisotopic (exact) mass is 223 g/mol. The van der Waals surface area contributed by atoms with Crippen molar-refractivity contribution in [2.45, 2.75) is 12.5 Å². The summed E-state index contributed by atoms with van der Waals surface area (Å²) in [6.07, 6.45) is -0.116. The van der Waals surface area contributed by atoms with Crippen LogP contribution in [-0.2, 0) is 0 Å². The Labute approximate surface area is 84.7 Å². The lowest BCUT2D eigenvalue weighted by Gasteiger charge is -2.12. The number of nitrogens with two attached hydrogens (primary N) is 1. The average Bonchev–Trinajstić information content (AvgIpc) is 2.01. The lowest BCUT2D eigenvalue weighted by molar-refractivity contribution is 0.425. The number of hydrogen-bond donors (Lipinski definition) is 1. The maximum atomic E-state index is 13.2. The minimum Gasteiger partial charge on any atom is -0.324 e. The highest BCUT2D eigenvalue weighted by atomic mass is 35.5. The van der Waals surface area contributed by atoms with E-state index in [1.807, 2.05) is 0 Å². The summed E-state index contributed by atoms with van der Waals surface area (Å²) in [4.78, 5) is 0. The Morgan fingerprint density at radius 2 is 1.79 bits per heavy atom. The van der Waals surface area contributed by atoms with Gasteiger partial charge in [-0.15, -0.1) is 0 Å². The lowest BCUT2D eigenvalue weighted by atomic mass is 10.0. The molecule has 0 amide bonds. The topological polar surface area (TPSA) is 26.0 Å². The van der Waals surface area contributed by atoms with E-state index in [1.165, 1.54) is 0 Å². The van der Waals surface area contributed by atoms with Gasteiger partial charge in [-0.05, 0) is 18.6 Å². The van der Waals surface area contributed by atoms with Gasteiger partial charge < -0.3 is 5.73 Å². The van der Waals surface area contributed by atoms with Gasteiger partial charge in [0.2, 0.25) is 0 Å². The summed E-state index contributed by atoms with van der Waals surface area (Å²) in [7, 11) is 0. The van der Waals surface area contributed by atoms with Gasteiger partial charge in [0.1, 0.15) is 11.6 Å². The van der Waals surface area contributed by atoms with Crippen LogP contribution in [0.25, 0.3) is 0 Å². The molecule has 0 saturated heterocycles. The molecule has 0 spiro atoms. The number of alkyl halides is 1. The molecule has 1 nitrogen and oxygen atoms in total. The zero-order valence-electron chi connectivity index (χ0n) is 7.24. The van der Waals surface area contributed by atoms with Gasteiger partial charge in [-0.3, -0.25) is 4.39 Å². The summed E-state index contributed by atoms with van der Waals surface area (Å²) in [6, 6.07) is 0.938. The molecule has 0 aliphatic rings. The zero-order chi connectivity index (χ0) is 10.7. The van der Waals surface area contributed by atoms with Gasteiger partial charge in [0, 0.05) is 16.6 Å². The first-order chi connectivity index (χ1) is 6.56. The maximum absolute atomic E-state index is 13.2. The van der Waals surface area contributed by atoms with Crippen LogP contribution in [0.1, 0.15) is 18.0 Å². The standard InChI is InChI=1S/C9H9ClF3N/c10-5-3-6(12)9(7(13)4-5)8(14)1-2-11/h3-4,8H,1-2,14H2/t8-/m0/s1. The molecule has 14 heavy (non-hydrogen) atoms. The summed E-state index contributed by atoms with van der Waals surface area (Å²) in [5.74, 6) is -1.67. The van der Waals surface area contributed by atoms with Crippen LogP contribution in [-0.4, -0.2) is 6.67 Å². The van der Waals surface area contributed by atoms with Gasteiger partial charge in [0.25, 0.3) is 0 Å². The third kappa shape index (κ3) is 2.39. The van der Waals surface area contributed by atoms with E-state index in [4.69, 9.17) is 17.3 Å². The lowest BCUT2D eigenvalue weighted by Crippen LogP contribution is -2.15. The van der Waals surface area contributed by atoms with Gasteiger partial charge in [-0.2, -0.15) is 0 Å². The Balaban J connectivity index is 3.07. The van der Waals surface area contributed by atoms with Crippen LogP contribution in [0.5, 0.6) is 0 Å².